The summed E-state index contributed by atoms with van der Waals surface area (Å²) in [6, 6.07) is 0. The Bertz CT molecular complexity index is 631. The number of aromatic nitrogens is 4. The minimum Gasteiger partial charge on any atom is -0.354 e. The zero-order valence-corrected chi connectivity index (χ0v) is 13.3. The van der Waals surface area contributed by atoms with Crippen molar-refractivity contribution in [2.24, 2.45) is 0 Å². The summed E-state index contributed by atoms with van der Waals surface area (Å²) < 4.78 is 3.51. The maximum absolute atomic E-state index is 11.7. The van der Waals surface area contributed by atoms with Crippen molar-refractivity contribution >= 4 is 17.5 Å². The smallest absolute Gasteiger partial charge is 0.241 e. The van der Waals surface area contributed by atoms with Crippen molar-refractivity contribution in [1.82, 2.24) is 24.9 Å². The number of carbonyl (C=O) groups is 1. The lowest BCUT2D eigenvalue weighted by molar-refractivity contribution is -0.121. The molecule has 6 nitrogen and oxygen atoms in total. The van der Waals surface area contributed by atoms with Gasteiger partial charge in [0.15, 0.2) is 0 Å². The second kappa shape index (κ2) is 6.76. The number of halogens is 1. The molecule has 1 N–H and O–H groups in total. The molecule has 2 rings (SSSR count). The Morgan fingerprint density at radius 1 is 1.38 bits per heavy atom. The standard InChI is InChI=1S/C14H20ClN5O/c1-10-7-17-19(8-10)9-13(21)16-5-4-6-20-12(3)14(15)11(2)18-20/h7-8H,4-6,9H2,1-3H3,(H,16,21). The van der Waals surface area contributed by atoms with Crippen LogP contribution in [0.3, 0.4) is 0 Å². The van der Waals surface area contributed by atoms with Crippen LogP contribution in [0.25, 0.3) is 0 Å². The van der Waals surface area contributed by atoms with E-state index in [-0.39, 0.29) is 12.5 Å². The molecule has 0 unspecified atom stereocenters. The van der Waals surface area contributed by atoms with E-state index in [9.17, 15) is 4.79 Å². The van der Waals surface area contributed by atoms with Gasteiger partial charge in [0.05, 0.1) is 22.6 Å². The van der Waals surface area contributed by atoms with Crippen LogP contribution in [0.2, 0.25) is 5.02 Å². The maximum Gasteiger partial charge on any atom is 0.241 e. The van der Waals surface area contributed by atoms with Gasteiger partial charge in [0.1, 0.15) is 6.54 Å². The van der Waals surface area contributed by atoms with E-state index in [1.165, 1.54) is 0 Å². The second-order valence-electron chi connectivity index (χ2n) is 5.13. The molecule has 2 aromatic heterocycles. The highest BCUT2D eigenvalue weighted by molar-refractivity contribution is 6.31. The lowest BCUT2D eigenvalue weighted by Gasteiger charge is -2.07. The molecule has 0 atom stereocenters. The third-order valence-corrected chi connectivity index (χ3v) is 3.78. The van der Waals surface area contributed by atoms with E-state index >= 15 is 0 Å². The number of rotatable bonds is 6. The van der Waals surface area contributed by atoms with Gasteiger partial charge in [-0.3, -0.25) is 14.2 Å². The van der Waals surface area contributed by atoms with Crippen molar-refractivity contribution < 1.29 is 4.79 Å². The highest BCUT2D eigenvalue weighted by Crippen LogP contribution is 2.18. The summed E-state index contributed by atoms with van der Waals surface area (Å²) >= 11 is 6.09. The molecule has 0 saturated carbocycles. The first-order valence-corrected chi connectivity index (χ1v) is 7.30. The molecule has 0 aliphatic heterocycles. The largest absolute Gasteiger partial charge is 0.354 e. The zero-order valence-electron chi connectivity index (χ0n) is 12.6. The van der Waals surface area contributed by atoms with Crippen molar-refractivity contribution in [3.8, 4) is 0 Å². The quantitative estimate of drug-likeness (QED) is 0.828. The Labute approximate surface area is 129 Å². The lowest BCUT2D eigenvalue weighted by atomic mass is 10.3. The minimum atomic E-state index is -0.0375. The molecule has 0 aliphatic rings. The van der Waals surface area contributed by atoms with Gasteiger partial charge in [0.2, 0.25) is 5.91 Å². The number of aryl methyl sites for hydroxylation is 3. The Kier molecular flexibility index (Phi) is 5.01. The van der Waals surface area contributed by atoms with Gasteiger partial charge in [0.25, 0.3) is 0 Å². The molecule has 21 heavy (non-hydrogen) atoms. The summed E-state index contributed by atoms with van der Waals surface area (Å²) in [5.41, 5.74) is 2.85. The third-order valence-electron chi connectivity index (χ3n) is 3.23. The molecule has 2 heterocycles. The van der Waals surface area contributed by atoms with Gasteiger partial charge >= 0.3 is 0 Å². The molecule has 0 radical (unpaired) electrons. The van der Waals surface area contributed by atoms with Crippen LogP contribution >= 0.6 is 11.6 Å². The van der Waals surface area contributed by atoms with Gasteiger partial charge in [-0.15, -0.1) is 0 Å². The number of hydrogen-bond acceptors (Lipinski definition) is 3. The van der Waals surface area contributed by atoms with E-state index in [0.29, 0.717) is 11.6 Å². The van der Waals surface area contributed by atoms with Gasteiger partial charge < -0.3 is 5.32 Å². The predicted molar refractivity (Wildman–Crippen MR) is 81.3 cm³/mol. The van der Waals surface area contributed by atoms with Gasteiger partial charge in [-0.05, 0) is 32.8 Å². The van der Waals surface area contributed by atoms with E-state index in [2.05, 4.69) is 15.5 Å². The maximum atomic E-state index is 11.7. The number of nitrogens with zero attached hydrogens (tertiary/aromatic N) is 4. The molecular weight excluding hydrogens is 290 g/mol. The van der Waals surface area contributed by atoms with Crippen molar-refractivity contribution in [3.63, 3.8) is 0 Å². The summed E-state index contributed by atoms with van der Waals surface area (Å²) in [4.78, 5) is 11.7. The van der Waals surface area contributed by atoms with Crippen LogP contribution < -0.4 is 5.32 Å². The predicted octanol–water partition coefficient (Wildman–Crippen LogP) is 1.86. The SMILES string of the molecule is Cc1cnn(CC(=O)NCCCn2nc(C)c(Cl)c2C)c1. The highest BCUT2D eigenvalue weighted by Gasteiger charge is 2.08. The van der Waals surface area contributed by atoms with Crippen molar-refractivity contribution in [1.29, 1.82) is 0 Å². The van der Waals surface area contributed by atoms with Crippen molar-refractivity contribution in [2.45, 2.75) is 40.3 Å². The zero-order chi connectivity index (χ0) is 15.4. The van der Waals surface area contributed by atoms with E-state index in [0.717, 1.165) is 29.9 Å². The van der Waals surface area contributed by atoms with Crippen LogP contribution in [-0.2, 0) is 17.9 Å². The average Bonchev–Trinajstić information content (AvgIpc) is 2.94. The molecule has 7 heteroatoms. The minimum absolute atomic E-state index is 0.0375. The summed E-state index contributed by atoms with van der Waals surface area (Å²) in [5, 5.41) is 12.0. The van der Waals surface area contributed by atoms with Gasteiger partial charge in [0, 0.05) is 19.3 Å². The average molecular weight is 310 g/mol. The number of carbonyl (C=O) groups excluding carboxylic acids is 1. The Hall–Kier alpha value is -1.82. The number of hydrogen-bond donors (Lipinski definition) is 1. The van der Waals surface area contributed by atoms with E-state index in [1.807, 2.05) is 31.6 Å². The fourth-order valence-corrected chi connectivity index (χ4v) is 2.24. The molecule has 2 aromatic rings. The Morgan fingerprint density at radius 2 is 2.14 bits per heavy atom. The molecule has 0 fully saturated rings. The van der Waals surface area contributed by atoms with Crippen LogP contribution in [0.15, 0.2) is 12.4 Å². The van der Waals surface area contributed by atoms with Gasteiger partial charge in [-0.2, -0.15) is 10.2 Å². The normalized spacial score (nSPS) is 10.9. The Morgan fingerprint density at radius 3 is 2.71 bits per heavy atom. The molecule has 0 aliphatic carbocycles. The van der Waals surface area contributed by atoms with E-state index in [1.54, 1.807) is 10.9 Å². The Balaban J connectivity index is 1.72. The summed E-state index contributed by atoms with van der Waals surface area (Å²) in [6.07, 6.45) is 4.39. The first kappa shape index (κ1) is 15.6. The van der Waals surface area contributed by atoms with Crippen LogP contribution in [0, 0.1) is 20.8 Å². The molecule has 0 saturated heterocycles. The summed E-state index contributed by atoms with van der Waals surface area (Å²) in [6.45, 7) is 7.37. The fourth-order valence-electron chi connectivity index (χ4n) is 2.11. The van der Waals surface area contributed by atoms with Gasteiger partial charge in [-0.25, -0.2) is 0 Å². The highest BCUT2D eigenvalue weighted by atomic mass is 35.5. The molecule has 0 bridgehead atoms. The topological polar surface area (TPSA) is 64.7 Å². The molecule has 1 amide bonds. The monoisotopic (exact) mass is 309 g/mol. The second-order valence-corrected chi connectivity index (χ2v) is 5.50. The van der Waals surface area contributed by atoms with Crippen molar-refractivity contribution in [2.75, 3.05) is 6.54 Å². The van der Waals surface area contributed by atoms with E-state index < -0.39 is 0 Å². The number of amides is 1. The number of nitrogens with one attached hydrogen (secondary N) is 1. The third kappa shape index (κ3) is 4.07. The van der Waals surface area contributed by atoms with Crippen LogP contribution in [0.5, 0.6) is 0 Å². The fraction of sp³-hybridized carbons (Fsp3) is 0.500. The first-order chi connectivity index (χ1) is 9.97. The molecule has 114 valence electrons. The van der Waals surface area contributed by atoms with E-state index in [4.69, 9.17) is 11.6 Å². The van der Waals surface area contributed by atoms with Crippen LogP contribution in [0.4, 0.5) is 0 Å². The molecule has 0 aromatic carbocycles. The first-order valence-electron chi connectivity index (χ1n) is 6.92. The van der Waals surface area contributed by atoms with Gasteiger partial charge in [-0.1, -0.05) is 11.6 Å². The molecule has 0 spiro atoms. The molecular formula is C14H20ClN5O. The van der Waals surface area contributed by atoms with Crippen LogP contribution in [0.1, 0.15) is 23.4 Å². The summed E-state index contributed by atoms with van der Waals surface area (Å²) in [7, 11) is 0. The van der Waals surface area contributed by atoms with Crippen molar-refractivity contribution in [3.05, 3.63) is 34.4 Å². The lowest BCUT2D eigenvalue weighted by Crippen LogP contribution is -2.29. The summed E-state index contributed by atoms with van der Waals surface area (Å²) in [5.74, 6) is -0.0375. The van der Waals surface area contributed by atoms with Crippen LogP contribution in [-0.4, -0.2) is 32.0 Å².